The summed E-state index contributed by atoms with van der Waals surface area (Å²) in [6.07, 6.45) is 2.07. The third-order valence-corrected chi connectivity index (χ3v) is 13.8. The number of ether oxygens (including phenoxy) is 3. The number of nitriles is 1. The lowest BCUT2D eigenvalue weighted by Crippen LogP contribution is -2.74. The second kappa shape index (κ2) is 16.8. The highest BCUT2D eigenvalue weighted by Crippen LogP contribution is 2.55. The number of fused-ring (bicyclic) bond motifs is 1. The van der Waals surface area contributed by atoms with Gasteiger partial charge in [0.05, 0.1) is 42.0 Å². The zero-order valence-corrected chi connectivity index (χ0v) is 36.4. The Hall–Kier alpha value is -5.78. The summed E-state index contributed by atoms with van der Waals surface area (Å²) < 4.78 is 18.6. The Morgan fingerprint density at radius 2 is 1.56 bits per heavy atom. The molecule has 3 aromatic rings. The van der Waals surface area contributed by atoms with Gasteiger partial charge in [0.1, 0.15) is 30.3 Å². The third kappa shape index (κ3) is 8.04. The molecule has 62 heavy (non-hydrogen) atoms. The second-order valence-corrected chi connectivity index (χ2v) is 18.8. The fourth-order valence-electron chi connectivity index (χ4n) is 10.7. The average Bonchev–Trinajstić information content (AvgIpc) is 3.49. The summed E-state index contributed by atoms with van der Waals surface area (Å²) in [6, 6.07) is 17.7. The van der Waals surface area contributed by atoms with Gasteiger partial charge in [0.15, 0.2) is 0 Å². The molecule has 5 amide bonds. The summed E-state index contributed by atoms with van der Waals surface area (Å²) >= 11 is 0. The quantitative estimate of drug-likeness (QED) is 0.244. The molecule has 14 heteroatoms. The summed E-state index contributed by atoms with van der Waals surface area (Å²) in [6.45, 7) is 17.4. The van der Waals surface area contributed by atoms with Gasteiger partial charge in [-0.2, -0.15) is 5.26 Å². The summed E-state index contributed by atoms with van der Waals surface area (Å²) in [5.41, 5.74) is 3.91. The first-order valence-electron chi connectivity index (χ1n) is 21.7. The standard InChI is InChI=1S/C48H56N6O8/c1-28-21-35(22-29(2)38(28)24-49)62-46-47(3,4)45(48(46,5)6)51-41(56)31-7-9-32(10-8-31)52-17-15-30(16-18-52)25-53-19-20-60-26-33(53)27-61-34-11-12-36-37(23-34)44(59)54(43(36)58)39-13-14-40(55)50-42(39)57/h7-12,21-23,30,33,39,45-46H,13-20,25-27H2,1-6H3,(H,51,56)(H,50,55,57)/t33-,39?,45?,46?/m1/s1. The Balaban J connectivity index is 0.812. The molecule has 14 nitrogen and oxygen atoms in total. The Kier molecular flexibility index (Phi) is 11.6. The van der Waals surface area contributed by atoms with Crippen LogP contribution in [0.4, 0.5) is 5.69 Å². The third-order valence-electron chi connectivity index (χ3n) is 13.8. The molecule has 0 aromatic heterocycles. The van der Waals surface area contributed by atoms with E-state index in [0.29, 0.717) is 42.6 Å². The van der Waals surface area contributed by atoms with Crippen molar-refractivity contribution in [2.45, 2.75) is 91.5 Å². The fourth-order valence-corrected chi connectivity index (χ4v) is 10.7. The molecule has 4 heterocycles. The number of carbonyl (C=O) groups is 5. The summed E-state index contributed by atoms with van der Waals surface area (Å²) in [4.78, 5) is 69.9. The highest BCUT2D eigenvalue weighted by Gasteiger charge is 2.64. The van der Waals surface area contributed by atoms with Crippen molar-refractivity contribution < 1.29 is 38.2 Å². The normalized spacial score (nSPS) is 24.8. The van der Waals surface area contributed by atoms with Crippen LogP contribution in [-0.2, 0) is 14.3 Å². The Labute approximate surface area is 362 Å². The minimum atomic E-state index is -1.02. The van der Waals surface area contributed by atoms with Gasteiger partial charge in [0, 0.05) is 60.7 Å². The molecule has 0 bridgehead atoms. The van der Waals surface area contributed by atoms with Gasteiger partial charge in [-0.3, -0.25) is 39.1 Å². The zero-order chi connectivity index (χ0) is 44.1. The number of imide groups is 2. The largest absolute Gasteiger partial charge is 0.492 e. The van der Waals surface area contributed by atoms with Crippen molar-refractivity contribution in [1.82, 2.24) is 20.4 Å². The van der Waals surface area contributed by atoms with E-state index in [0.717, 1.165) is 66.5 Å². The maximum Gasteiger partial charge on any atom is 0.262 e. The fraction of sp³-hybridized carbons (Fsp3) is 0.500. The van der Waals surface area contributed by atoms with E-state index in [1.165, 1.54) is 0 Å². The number of amides is 5. The molecule has 1 aliphatic carbocycles. The predicted octanol–water partition coefficient (Wildman–Crippen LogP) is 5.18. The molecule has 8 rings (SSSR count). The van der Waals surface area contributed by atoms with Gasteiger partial charge in [-0.25, -0.2) is 0 Å². The van der Waals surface area contributed by atoms with Crippen LogP contribution in [0, 0.1) is 41.9 Å². The van der Waals surface area contributed by atoms with E-state index in [2.05, 4.69) is 54.2 Å². The molecule has 3 saturated heterocycles. The highest BCUT2D eigenvalue weighted by molar-refractivity contribution is 6.23. The number of rotatable bonds is 11. The van der Waals surface area contributed by atoms with Crippen LogP contribution >= 0.6 is 0 Å². The van der Waals surface area contributed by atoms with Gasteiger partial charge in [0.2, 0.25) is 11.8 Å². The first kappa shape index (κ1) is 42.9. The number of aryl methyl sites for hydroxylation is 2. The van der Waals surface area contributed by atoms with Gasteiger partial charge in [-0.1, -0.05) is 27.7 Å². The molecule has 326 valence electrons. The number of piperidine rings is 2. The van der Waals surface area contributed by atoms with Gasteiger partial charge in [-0.15, -0.1) is 0 Å². The first-order valence-corrected chi connectivity index (χ1v) is 21.7. The van der Waals surface area contributed by atoms with Crippen molar-refractivity contribution >= 4 is 35.2 Å². The van der Waals surface area contributed by atoms with Gasteiger partial charge < -0.3 is 24.4 Å². The second-order valence-electron chi connectivity index (χ2n) is 18.8. The van der Waals surface area contributed by atoms with Crippen LogP contribution in [0.1, 0.15) is 101 Å². The minimum absolute atomic E-state index is 0.0107. The Morgan fingerprint density at radius 3 is 2.23 bits per heavy atom. The van der Waals surface area contributed by atoms with E-state index in [1.54, 1.807) is 18.2 Å². The highest BCUT2D eigenvalue weighted by atomic mass is 16.5. The Morgan fingerprint density at radius 1 is 0.887 bits per heavy atom. The zero-order valence-electron chi connectivity index (χ0n) is 36.4. The van der Waals surface area contributed by atoms with Crippen LogP contribution < -0.4 is 25.0 Å². The lowest BCUT2D eigenvalue weighted by atomic mass is 9.49. The lowest BCUT2D eigenvalue weighted by Gasteiger charge is -2.63. The SMILES string of the molecule is Cc1cc(OC2C(C)(C)C(NC(=O)c3ccc(N4CCC(CN5CCOC[C@@H]5COc5ccc6c(c5)C(=O)N(C5CCC(=O)NC5=O)C6=O)CC4)cc3)C2(C)C)cc(C)c1C#N. The first-order chi connectivity index (χ1) is 29.6. The van der Waals surface area contributed by atoms with Crippen LogP contribution in [0.2, 0.25) is 0 Å². The number of hydrogen-bond donors (Lipinski definition) is 2. The molecule has 5 aliphatic rings. The molecule has 3 aromatic carbocycles. The van der Waals surface area contributed by atoms with Crippen molar-refractivity contribution in [2.24, 2.45) is 16.7 Å². The number of anilines is 1. The van der Waals surface area contributed by atoms with Gasteiger partial charge >= 0.3 is 0 Å². The van der Waals surface area contributed by atoms with Crippen molar-refractivity contribution in [1.29, 1.82) is 5.26 Å². The monoisotopic (exact) mass is 844 g/mol. The maximum absolute atomic E-state index is 13.6. The molecule has 4 fully saturated rings. The van der Waals surface area contributed by atoms with Crippen LogP contribution in [0.5, 0.6) is 11.5 Å². The van der Waals surface area contributed by atoms with Crippen molar-refractivity contribution in [3.63, 3.8) is 0 Å². The molecule has 1 saturated carbocycles. The summed E-state index contributed by atoms with van der Waals surface area (Å²) in [5, 5.41) is 15.0. The maximum atomic E-state index is 13.6. The summed E-state index contributed by atoms with van der Waals surface area (Å²) in [5.74, 6) is -0.587. The van der Waals surface area contributed by atoms with E-state index >= 15 is 0 Å². The molecule has 4 aliphatic heterocycles. The molecule has 2 atom stereocenters. The number of benzene rings is 3. The van der Waals surface area contributed by atoms with Crippen LogP contribution in [0.15, 0.2) is 54.6 Å². The predicted molar refractivity (Wildman–Crippen MR) is 230 cm³/mol. The topological polar surface area (TPSA) is 171 Å². The van der Waals surface area contributed by atoms with Crippen molar-refractivity contribution in [3.05, 3.63) is 88.0 Å². The number of nitrogens with one attached hydrogen (secondary N) is 2. The molecular formula is C48H56N6O8. The lowest BCUT2D eigenvalue weighted by molar-refractivity contribution is -0.164. The van der Waals surface area contributed by atoms with Crippen molar-refractivity contribution in [2.75, 3.05) is 50.9 Å². The summed E-state index contributed by atoms with van der Waals surface area (Å²) in [7, 11) is 0. The molecule has 0 spiro atoms. The van der Waals surface area contributed by atoms with Gasteiger partial charge in [-0.05, 0) is 105 Å². The number of nitrogens with zero attached hydrogens (tertiary/aromatic N) is 4. The van der Waals surface area contributed by atoms with E-state index in [-0.39, 0.29) is 58.9 Å². The van der Waals surface area contributed by atoms with E-state index < -0.39 is 29.7 Å². The average molecular weight is 845 g/mol. The van der Waals surface area contributed by atoms with Crippen LogP contribution in [0.25, 0.3) is 0 Å². The van der Waals surface area contributed by atoms with Gasteiger partial charge in [0.25, 0.3) is 17.7 Å². The van der Waals surface area contributed by atoms with E-state index in [4.69, 9.17) is 14.2 Å². The molecule has 0 radical (unpaired) electrons. The number of hydrogen-bond acceptors (Lipinski definition) is 11. The minimum Gasteiger partial charge on any atom is -0.492 e. The Bertz CT molecular complexity index is 2290. The number of carbonyl (C=O) groups excluding carboxylic acids is 5. The molecule has 2 N–H and O–H groups in total. The van der Waals surface area contributed by atoms with Crippen LogP contribution in [-0.4, -0.2) is 110 Å². The molecular weight excluding hydrogens is 789 g/mol. The number of morpholine rings is 1. The van der Waals surface area contributed by atoms with Crippen molar-refractivity contribution in [3.8, 4) is 17.6 Å². The van der Waals surface area contributed by atoms with E-state index in [1.807, 2.05) is 50.2 Å². The van der Waals surface area contributed by atoms with Crippen LogP contribution in [0.3, 0.4) is 0 Å². The van der Waals surface area contributed by atoms with E-state index in [9.17, 15) is 29.2 Å². The smallest absolute Gasteiger partial charge is 0.262 e. The molecule has 1 unspecified atom stereocenters.